The highest BCUT2D eigenvalue weighted by atomic mass is 16.6. The second-order valence-electron chi connectivity index (χ2n) is 13.2. The van der Waals surface area contributed by atoms with Crippen LogP contribution < -0.4 is 20.7 Å². The maximum Gasteiger partial charge on any atom is 0.408 e. The summed E-state index contributed by atoms with van der Waals surface area (Å²) in [5.74, 6) is -0.636. The number of carbonyl (C=O) groups excluding carboxylic acids is 4. The van der Waals surface area contributed by atoms with Gasteiger partial charge in [-0.2, -0.15) is 5.10 Å². The molecule has 0 bridgehead atoms. The van der Waals surface area contributed by atoms with Crippen molar-refractivity contribution in [2.24, 2.45) is 0 Å². The molecule has 0 radical (unpaired) electrons. The first-order valence-corrected chi connectivity index (χ1v) is 16.0. The van der Waals surface area contributed by atoms with E-state index in [4.69, 9.17) is 14.2 Å². The lowest BCUT2D eigenvalue weighted by Gasteiger charge is -2.29. The van der Waals surface area contributed by atoms with E-state index < -0.39 is 41.1 Å². The van der Waals surface area contributed by atoms with Crippen molar-refractivity contribution in [3.05, 3.63) is 78.1 Å². The summed E-state index contributed by atoms with van der Waals surface area (Å²) in [4.78, 5) is 55.0. The number of ether oxygens (including phenoxy) is 3. The van der Waals surface area contributed by atoms with Gasteiger partial charge in [0.15, 0.2) is 6.04 Å². The number of rotatable bonds is 13. The number of nitrogens with zero attached hydrogens (tertiary/aromatic N) is 3. The molecule has 1 fully saturated rings. The zero-order valence-electron chi connectivity index (χ0n) is 28.4. The first kappa shape index (κ1) is 35.9. The standard InChI is InChI=1S/C35H46N6O7/c1-34(2,3)48-33(45)39-35(4,5)32(44)38-28(23-47-22-24-12-8-7-9-13-24)30(42)37-26-20-36-41(21-26)29(31(43)40-18-10-11-19-40)25-14-16-27(46-6)17-15-25/h7-9,12-17,20-21,28-29H,10-11,18-19,22-23H2,1-6H3,(H,37,42)(H,38,44)(H,39,45)/t28-,29?/m1/s1. The fraction of sp³-hybridized carbons (Fsp3) is 0.457. The molecular formula is C35H46N6O7. The molecule has 2 atom stereocenters. The highest BCUT2D eigenvalue weighted by molar-refractivity contribution is 5.99. The number of benzene rings is 2. The molecule has 1 saturated heterocycles. The van der Waals surface area contributed by atoms with Crippen molar-refractivity contribution >= 4 is 29.5 Å². The number of alkyl carbamates (subject to hydrolysis) is 1. The van der Waals surface area contributed by atoms with E-state index in [1.807, 2.05) is 47.4 Å². The molecule has 4 rings (SSSR count). The third kappa shape index (κ3) is 10.0. The minimum atomic E-state index is -1.42. The van der Waals surface area contributed by atoms with Crippen LogP contribution in [-0.4, -0.2) is 82.5 Å². The first-order chi connectivity index (χ1) is 22.8. The first-order valence-electron chi connectivity index (χ1n) is 16.0. The third-order valence-corrected chi connectivity index (χ3v) is 7.62. The van der Waals surface area contributed by atoms with Crippen LogP contribution in [-0.2, 0) is 30.5 Å². The van der Waals surface area contributed by atoms with Crippen molar-refractivity contribution in [2.75, 3.05) is 32.1 Å². The molecule has 0 aliphatic carbocycles. The number of anilines is 1. The van der Waals surface area contributed by atoms with Crippen LogP contribution in [0, 0.1) is 0 Å². The number of likely N-dealkylation sites (tertiary alicyclic amines) is 1. The van der Waals surface area contributed by atoms with Crippen LogP contribution in [0.3, 0.4) is 0 Å². The van der Waals surface area contributed by atoms with Gasteiger partial charge >= 0.3 is 6.09 Å². The molecule has 3 N–H and O–H groups in total. The molecule has 48 heavy (non-hydrogen) atoms. The molecule has 2 aromatic carbocycles. The third-order valence-electron chi connectivity index (χ3n) is 7.62. The van der Waals surface area contributed by atoms with Gasteiger partial charge in [-0.25, -0.2) is 4.79 Å². The average molecular weight is 663 g/mol. The largest absolute Gasteiger partial charge is 0.497 e. The summed E-state index contributed by atoms with van der Waals surface area (Å²) in [5, 5.41) is 12.5. The number of methoxy groups -OCH3 is 1. The smallest absolute Gasteiger partial charge is 0.408 e. The number of aromatic nitrogens is 2. The Labute approximate surface area is 281 Å². The lowest BCUT2D eigenvalue weighted by atomic mass is 10.0. The van der Waals surface area contributed by atoms with Crippen molar-refractivity contribution in [3.8, 4) is 5.75 Å². The zero-order chi connectivity index (χ0) is 34.9. The molecule has 1 unspecified atom stereocenters. The Morgan fingerprint density at radius 2 is 1.60 bits per heavy atom. The van der Waals surface area contributed by atoms with Gasteiger partial charge in [0, 0.05) is 19.3 Å². The average Bonchev–Trinajstić information content (AvgIpc) is 3.73. The van der Waals surface area contributed by atoms with E-state index >= 15 is 0 Å². The predicted octanol–water partition coefficient (Wildman–Crippen LogP) is 4.05. The molecule has 2 heterocycles. The Balaban J connectivity index is 1.51. The van der Waals surface area contributed by atoms with E-state index in [1.165, 1.54) is 24.7 Å². The maximum absolute atomic E-state index is 13.7. The minimum Gasteiger partial charge on any atom is -0.497 e. The quantitative estimate of drug-likeness (QED) is 0.248. The summed E-state index contributed by atoms with van der Waals surface area (Å²) in [7, 11) is 1.57. The van der Waals surface area contributed by atoms with Crippen LogP contribution in [0.2, 0.25) is 0 Å². The fourth-order valence-corrected chi connectivity index (χ4v) is 5.08. The number of carbonyl (C=O) groups is 4. The monoisotopic (exact) mass is 662 g/mol. The van der Waals surface area contributed by atoms with E-state index in [0.717, 1.165) is 18.4 Å². The molecule has 13 nitrogen and oxygen atoms in total. The number of amides is 4. The Kier molecular flexibility index (Phi) is 11.8. The molecule has 1 aliphatic heterocycles. The molecule has 13 heteroatoms. The summed E-state index contributed by atoms with van der Waals surface area (Å²) in [6, 6.07) is 14.7. The SMILES string of the molecule is COc1ccc(C(C(=O)N2CCCC2)n2cc(NC(=O)[C@@H](COCc3ccccc3)NC(=O)C(C)(C)NC(=O)OC(C)(C)C)cn2)cc1. The van der Waals surface area contributed by atoms with Crippen LogP contribution in [0.4, 0.5) is 10.5 Å². The van der Waals surface area contributed by atoms with Gasteiger partial charge in [-0.05, 0) is 70.7 Å². The summed E-state index contributed by atoms with van der Waals surface area (Å²) in [6.45, 7) is 9.54. The van der Waals surface area contributed by atoms with Gasteiger partial charge in [-0.15, -0.1) is 0 Å². The van der Waals surface area contributed by atoms with Gasteiger partial charge in [-0.3, -0.25) is 19.1 Å². The Morgan fingerprint density at radius 1 is 0.938 bits per heavy atom. The predicted molar refractivity (Wildman–Crippen MR) is 179 cm³/mol. The second-order valence-corrected chi connectivity index (χ2v) is 13.2. The van der Waals surface area contributed by atoms with Crippen LogP contribution >= 0.6 is 0 Å². The lowest BCUT2D eigenvalue weighted by Crippen LogP contribution is -2.59. The number of hydrogen-bond acceptors (Lipinski definition) is 8. The van der Waals surface area contributed by atoms with Crippen molar-refractivity contribution < 1.29 is 33.4 Å². The lowest BCUT2D eigenvalue weighted by molar-refractivity contribution is -0.132. The minimum absolute atomic E-state index is 0.0992. The molecule has 1 aliphatic rings. The van der Waals surface area contributed by atoms with Crippen LogP contribution in [0.25, 0.3) is 0 Å². The summed E-state index contributed by atoms with van der Waals surface area (Å²) < 4.78 is 18.0. The van der Waals surface area contributed by atoms with E-state index in [9.17, 15) is 19.2 Å². The molecule has 4 amide bonds. The van der Waals surface area contributed by atoms with Crippen molar-refractivity contribution in [1.29, 1.82) is 0 Å². The highest BCUT2D eigenvalue weighted by Crippen LogP contribution is 2.26. The highest BCUT2D eigenvalue weighted by Gasteiger charge is 2.35. The van der Waals surface area contributed by atoms with Crippen LogP contribution in [0.1, 0.15) is 64.6 Å². The van der Waals surface area contributed by atoms with Crippen molar-refractivity contribution in [1.82, 2.24) is 25.3 Å². The normalized spacial score (nSPS) is 14.5. The molecular weight excluding hydrogens is 616 g/mol. The summed E-state index contributed by atoms with van der Waals surface area (Å²) >= 11 is 0. The zero-order valence-corrected chi connectivity index (χ0v) is 28.4. The van der Waals surface area contributed by atoms with E-state index in [2.05, 4.69) is 21.0 Å². The second kappa shape index (κ2) is 15.8. The summed E-state index contributed by atoms with van der Waals surface area (Å²) in [6.07, 6.45) is 4.13. The molecule has 1 aromatic heterocycles. The van der Waals surface area contributed by atoms with Gasteiger partial charge in [0.05, 0.1) is 32.2 Å². The fourth-order valence-electron chi connectivity index (χ4n) is 5.08. The maximum atomic E-state index is 13.7. The summed E-state index contributed by atoms with van der Waals surface area (Å²) in [5.41, 5.74) is -0.259. The van der Waals surface area contributed by atoms with Gasteiger partial charge in [0.1, 0.15) is 22.9 Å². The van der Waals surface area contributed by atoms with E-state index in [0.29, 0.717) is 30.1 Å². The Morgan fingerprint density at radius 3 is 2.23 bits per heavy atom. The van der Waals surface area contributed by atoms with Gasteiger partial charge in [0.2, 0.25) is 11.8 Å². The van der Waals surface area contributed by atoms with E-state index in [1.54, 1.807) is 46.2 Å². The van der Waals surface area contributed by atoms with Crippen molar-refractivity contribution in [2.45, 2.75) is 77.3 Å². The van der Waals surface area contributed by atoms with Gasteiger partial charge in [-0.1, -0.05) is 42.5 Å². The Hall–Kier alpha value is -4.91. The molecule has 3 aromatic rings. The Bertz CT molecular complexity index is 1540. The van der Waals surface area contributed by atoms with Crippen molar-refractivity contribution in [3.63, 3.8) is 0 Å². The molecule has 0 spiro atoms. The van der Waals surface area contributed by atoms with Gasteiger partial charge in [0.25, 0.3) is 5.91 Å². The van der Waals surface area contributed by atoms with Gasteiger partial charge < -0.3 is 35.1 Å². The number of hydrogen-bond donors (Lipinski definition) is 3. The van der Waals surface area contributed by atoms with Crippen LogP contribution in [0.5, 0.6) is 5.75 Å². The molecule has 0 saturated carbocycles. The van der Waals surface area contributed by atoms with E-state index in [-0.39, 0.29) is 19.1 Å². The van der Waals surface area contributed by atoms with Crippen LogP contribution in [0.15, 0.2) is 67.0 Å². The topological polar surface area (TPSA) is 153 Å². The number of nitrogens with one attached hydrogen (secondary N) is 3. The molecule has 258 valence electrons.